The fourth-order valence-corrected chi connectivity index (χ4v) is 3.50. The number of rotatable bonds is 4. The molecule has 0 amide bonds. The molecular weight excluding hydrogens is 322 g/mol. The van der Waals surface area contributed by atoms with E-state index in [9.17, 15) is 0 Å². The highest BCUT2D eigenvalue weighted by Crippen LogP contribution is 2.32. The lowest BCUT2D eigenvalue weighted by atomic mass is 10.1. The second kappa shape index (κ2) is 6.07. The number of hydrogen-bond acceptors (Lipinski definition) is 3. The van der Waals surface area contributed by atoms with Crippen molar-refractivity contribution in [3.63, 3.8) is 0 Å². The van der Waals surface area contributed by atoms with Gasteiger partial charge in [-0.15, -0.1) is 11.3 Å². The lowest BCUT2D eigenvalue weighted by Crippen LogP contribution is -2.29. The smallest absolute Gasteiger partial charge is 0.148 e. The summed E-state index contributed by atoms with van der Waals surface area (Å²) in [5, 5.41) is 2.08. The van der Waals surface area contributed by atoms with Gasteiger partial charge in [-0.2, -0.15) is 0 Å². The number of hydrogen-bond donors (Lipinski definition) is 1. The van der Waals surface area contributed by atoms with Gasteiger partial charge >= 0.3 is 0 Å². The number of ether oxygens (including phenoxy) is 1. The molecule has 0 aliphatic heterocycles. The van der Waals surface area contributed by atoms with Gasteiger partial charge in [-0.1, -0.05) is 15.9 Å². The first-order chi connectivity index (χ1) is 8.99. The van der Waals surface area contributed by atoms with Crippen molar-refractivity contribution in [1.29, 1.82) is 0 Å². The van der Waals surface area contributed by atoms with E-state index >= 15 is 0 Å². The molecule has 2 rings (SSSR count). The van der Waals surface area contributed by atoms with Gasteiger partial charge in [-0.25, -0.2) is 0 Å². The molecule has 0 aliphatic carbocycles. The van der Waals surface area contributed by atoms with Gasteiger partial charge in [0.15, 0.2) is 0 Å². The van der Waals surface area contributed by atoms with Crippen LogP contribution in [0.4, 0.5) is 0 Å². The zero-order valence-electron chi connectivity index (χ0n) is 11.3. The van der Waals surface area contributed by atoms with Gasteiger partial charge < -0.3 is 10.5 Å². The van der Waals surface area contributed by atoms with Crippen LogP contribution in [0.3, 0.4) is 0 Å². The molecule has 2 unspecified atom stereocenters. The Morgan fingerprint density at radius 3 is 2.47 bits per heavy atom. The van der Waals surface area contributed by atoms with Crippen molar-refractivity contribution in [2.45, 2.75) is 32.9 Å². The Kier molecular flexibility index (Phi) is 4.66. The highest BCUT2D eigenvalue weighted by Gasteiger charge is 2.22. The van der Waals surface area contributed by atoms with Gasteiger partial charge in [-0.05, 0) is 61.5 Å². The van der Waals surface area contributed by atoms with Crippen molar-refractivity contribution in [1.82, 2.24) is 0 Å². The number of thiophene rings is 1. The zero-order valence-corrected chi connectivity index (χ0v) is 13.7. The van der Waals surface area contributed by atoms with Crippen molar-refractivity contribution in [3.05, 3.63) is 50.1 Å². The van der Waals surface area contributed by atoms with E-state index in [4.69, 9.17) is 10.5 Å². The minimum atomic E-state index is -0.0973. The molecule has 2 nitrogen and oxygen atoms in total. The maximum Gasteiger partial charge on any atom is 0.148 e. The van der Waals surface area contributed by atoms with Crippen molar-refractivity contribution < 1.29 is 4.74 Å². The van der Waals surface area contributed by atoms with Crippen molar-refractivity contribution in [2.75, 3.05) is 0 Å². The number of benzene rings is 1. The summed E-state index contributed by atoms with van der Waals surface area (Å²) in [6, 6.07) is 8.07. The standard InChI is InChI=1S/C15H18BrNOS/c1-9-6-7-19-15(9)14(11(3)17)18-13-5-4-12(16)8-10(13)2/h4-8,11,14H,17H2,1-3H3. The first-order valence-corrected chi connectivity index (χ1v) is 7.88. The van der Waals surface area contributed by atoms with E-state index in [0.717, 1.165) is 15.8 Å². The van der Waals surface area contributed by atoms with E-state index in [2.05, 4.69) is 40.4 Å². The highest BCUT2D eigenvalue weighted by molar-refractivity contribution is 9.10. The van der Waals surface area contributed by atoms with Crippen molar-refractivity contribution >= 4 is 27.3 Å². The molecule has 4 heteroatoms. The number of aryl methyl sites for hydroxylation is 2. The molecule has 1 aromatic heterocycles. The van der Waals surface area contributed by atoms with Gasteiger partial charge in [0.05, 0.1) is 0 Å². The van der Waals surface area contributed by atoms with Crippen LogP contribution in [-0.2, 0) is 0 Å². The molecule has 0 spiro atoms. The number of halogens is 1. The van der Waals surface area contributed by atoms with Crippen LogP contribution in [0.25, 0.3) is 0 Å². The molecule has 2 N–H and O–H groups in total. The lowest BCUT2D eigenvalue weighted by molar-refractivity contribution is 0.182. The topological polar surface area (TPSA) is 35.2 Å². The first-order valence-electron chi connectivity index (χ1n) is 6.21. The van der Waals surface area contributed by atoms with E-state index in [-0.39, 0.29) is 12.1 Å². The lowest BCUT2D eigenvalue weighted by Gasteiger charge is -2.23. The Hall–Kier alpha value is -0.840. The Morgan fingerprint density at radius 1 is 1.21 bits per heavy atom. The van der Waals surface area contributed by atoms with Crippen molar-refractivity contribution in [3.8, 4) is 5.75 Å². The van der Waals surface area contributed by atoms with Crippen LogP contribution >= 0.6 is 27.3 Å². The second-order valence-corrected chi connectivity index (χ2v) is 6.64. The third-order valence-corrected chi connectivity index (χ3v) is 4.60. The summed E-state index contributed by atoms with van der Waals surface area (Å²) in [4.78, 5) is 1.21. The molecule has 102 valence electrons. The Balaban J connectivity index is 2.29. The fraction of sp³-hybridized carbons (Fsp3) is 0.333. The van der Waals surface area contributed by atoms with E-state index in [1.54, 1.807) is 11.3 Å². The molecule has 0 radical (unpaired) electrons. The van der Waals surface area contributed by atoms with E-state index in [1.807, 2.05) is 26.0 Å². The predicted molar refractivity (Wildman–Crippen MR) is 85.0 cm³/mol. The quantitative estimate of drug-likeness (QED) is 0.883. The van der Waals surface area contributed by atoms with Crippen LogP contribution in [0.5, 0.6) is 5.75 Å². The molecule has 0 bridgehead atoms. The van der Waals surface area contributed by atoms with Crippen LogP contribution < -0.4 is 10.5 Å². The van der Waals surface area contributed by atoms with E-state index in [0.29, 0.717) is 0 Å². The maximum absolute atomic E-state index is 6.15. The third kappa shape index (κ3) is 3.38. The molecule has 1 heterocycles. The molecule has 2 atom stereocenters. The number of nitrogens with two attached hydrogens (primary N) is 1. The highest BCUT2D eigenvalue weighted by atomic mass is 79.9. The molecule has 2 aromatic rings. The Labute approximate surface area is 126 Å². The molecule has 0 saturated heterocycles. The largest absolute Gasteiger partial charge is 0.483 e. The molecular formula is C15H18BrNOS. The molecule has 0 fully saturated rings. The average molecular weight is 340 g/mol. The van der Waals surface area contributed by atoms with Gasteiger partial charge in [0.25, 0.3) is 0 Å². The van der Waals surface area contributed by atoms with Crippen molar-refractivity contribution in [2.24, 2.45) is 5.73 Å². The summed E-state index contributed by atoms with van der Waals surface area (Å²) in [6.07, 6.45) is -0.0973. The summed E-state index contributed by atoms with van der Waals surface area (Å²) in [5.74, 6) is 0.887. The summed E-state index contributed by atoms with van der Waals surface area (Å²) < 4.78 is 7.21. The van der Waals surface area contributed by atoms with Gasteiger partial charge in [-0.3, -0.25) is 0 Å². The molecule has 0 saturated carbocycles. The average Bonchev–Trinajstić information content (AvgIpc) is 2.74. The van der Waals surface area contributed by atoms with Crippen LogP contribution in [0, 0.1) is 13.8 Å². The minimum Gasteiger partial charge on any atom is -0.483 e. The van der Waals surface area contributed by atoms with E-state index in [1.165, 1.54) is 10.4 Å². The summed E-state index contributed by atoms with van der Waals surface area (Å²) in [6.45, 7) is 6.12. The zero-order chi connectivity index (χ0) is 14.0. The monoisotopic (exact) mass is 339 g/mol. The van der Waals surface area contributed by atoms with Crippen LogP contribution in [0.2, 0.25) is 0 Å². The molecule has 1 aromatic carbocycles. The summed E-state index contributed by atoms with van der Waals surface area (Å²) >= 11 is 5.16. The molecule has 19 heavy (non-hydrogen) atoms. The van der Waals surface area contributed by atoms with Gasteiger partial charge in [0.1, 0.15) is 11.9 Å². The second-order valence-electron chi connectivity index (χ2n) is 4.78. The van der Waals surface area contributed by atoms with Crippen LogP contribution in [0.1, 0.15) is 29.0 Å². The fourth-order valence-electron chi connectivity index (χ4n) is 1.96. The van der Waals surface area contributed by atoms with Gasteiger partial charge in [0.2, 0.25) is 0 Å². The van der Waals surface area contributed by atoms with Crippen LogP contribution in [-0.4, -0.2) is 6.04 Å². The van der Waals surface area contributed by atoms with Crippen LogP contribution in [0.15, 0.2) is 34.1 Å². The predicted octanol–water partition coefficient (Wildman–Crippen LogP) is 4.59. The van der Waals surface area contributed by atoms with Gasteiger partial charge in [0, 0.05) is 15.4 Å². The molecule has 0 aliphatic rings. The summed E-state index contributed by atoms with van der Waals surface area (Å²) in [7, 11) is 0. The Morgan fingerprint density at radius 2 is 1.95 bits per heavy atom. The summed E-state index contributed by atoms with van der Waals surface area (Å²) in [5.41, 5.74) is 8.44. The van der Waals surface area contributed by atoms with E-state index < -0.39 is 0 Å². The normalized spacial score (nSPS) is 14.2. The SMILES string of the molecule is Cc1cc(Br)ccc1OC(c1sccc1C)C(C)N. The first kappa shape index (κ1) is 14.6. The maximum atomic E-state index is 6.15. The Bertz CT molecular complexity index is 565. The third-order valence-electron chi connectivity index (χ3n) is 3.03. The minimum absolute atomic E-state index is 0.0552.